The summed E-state index contributed by atoms with van der Waals surface area (Å²) in [7, 11) is 0. The van der Waals surface area contributed by atoms with E-state index in [1.165, 1.54) is 39.5 Å². The molecule has 1 aromatic carbocycles. The summed E-state index contributed by atoms with van der Waals surface area (Å²) >= 11 is 6.24. The fourth-order valence-corrected chi connectivity index (χ4v) is 92.4. The number of fused-ring (bicyclic) bond motifs is 11. The molecule has 12 rings (SSSR count). The van der Waals surface area contributed by atoms with Crippen molar-refractivity contribution in [1.29, 1.82) is 0 Å². The first-order valence-electron chi connectivity index (χ1n) is 9.29. The van der Waals surface area contributed by atoms with E-state index in [1.54, 1.807) is 6.07 Å². The first-order valence-corrected chi connectivity index (χ1v) is 16.0. The van der Waals surface area contributed by atoms with E-state index < -0.39 is 6.51 Å². The summed E-state index contributed by atoms with van der Waals surface area (Å²) < 4.78 is 7.09. The Morgan fingerprint density at radius 2 is 1.62 bits per heavy atom. The van der Waals surface area contributed by atoms with Crippen LogP contribution < -0.4 is 5.43 Å². The summed E-state index contributed by atoms with van der Waals surface area (Å²) in [5.41, 5.74) is 1.94. The van der Waals surface area contributed by atoms with Gasteiger partial charge in [0.05, 0.1) is 0 Å². The van der Waals surface area contributed by atoms with Crippen LogP contribution in [0.25, 0.3) is 11.0 Å². The van der Waals surface area contributed by atoms with Crippen molar-refractivity contribution in [2.24, 2.45) is 0 Å². The summed E-state index contributed by atoms with van der Waals surface area (Å²) in [5, 5.41) is 1.33. The van der Waals surface area contributed by atoms with Gasteiger partial charge in [-0.1, -0.05) is 0 Å². The van der Waals surface area contributed by atoms with Crippen molar-refractivity contribution in [3.63, 3.8) is 0 Å². The summed E-state index contributed by atoms with van der Waals surface area (Å²) in [4.78, 5) is 23.9. The van der Waals surface area contributed by atoms with Crippen LogP contribution in [0.5, 0.6) is 0 Å². The molecule has 2 aromatic rings. The van der Waals surface area contributed by atoms with E-state index in [1.807, 2.05) is 19.1 Å². The Hall–Kier alpha value is -0.761. The van der Waals surface area contributed by atoms with Crippen LogP contribution in [0.1, 0.15) is 11.3 Å². The second kappa shape index (κ2) is 1.02. The van der Waals surface area contributed by atoms with Gasteiger partial charge >= 0.3 is 133 Å². The van der Waals surface area contributed by atoms with Crippen LogP contribution in [-0.4, -0.2) is 0 Å². The Kier molecular flexibility index (Phi) is 0.416. The molecule has 0 bridgehead atoms. The van der Waals surface area contributed by atoms with Gasteiger partial charge in [0, 0.05) is 0 Å². The quantitative estimate of drug-likeness (QED) is 0.609. The third-order valence-electron chi connectivity index (χ3n) is 17.1. The van der Waals surface area contributed by atoms with E-state index in [4.69, 9.17) is 16.0 Å². The zero-order valence-electron chi connectivity index (χ0n) is 13.0. The summed E-state index contributed by atoms with van der Waals surface area (Å²) in [6.45, 7) is -1.26. The molecule has 11 heterocycles. The van der Waals surface area contributed by atoms with Gasteiger partial charge in [0.1, 0.15) is 0 Å². The average molecular weight is 379 g/mol. The number of hydrogen-bond donors (Lipinski definition) is 0. The minimum absolute atomic E-state index is 0.143. The molecule has 10 aliphatic rings. The molecular weight excluding hydrogens is 364 g/mol. The van der Waals surface area contributed by atoms with Crippen molar-refractivity contribution < 1.29 is 10.9 Å². The molecule has 0 aliphatic carbocycles. The molecule has 0 N–H and O–H groups in total. The van der Waals surface area contributed by atoms with Crippen LogP contribution in [-0.2, 0) is 10.8 Å². The van der Waals surface area contributed by atoms with E-state index in [2.05, 4.69) is 0 Å². The molecule has 0 amide bonds. The van der Waals surface area contributed by atoms with Crippen LogP contribution in [0.3, 0.4) is 0 Å². The molecule has 10 aliphatic heterocycles. The summed E-state index contributed by atoms with van der Waals surface area (Å²) in [5.74, 6) is 1.17. The third kappa shape index (κ3) is 0.143. The van der Waals surface area contributed by atoms with Gasteiger partial charge in [-0.25, -0.2) is 0 Å². The minimum atomic E-state index is -3.26. The van der Waals surface area contributed by atoms with Crippen LogP contribution in [0.15, 0.2) is 27.4 Å². The maximum atomic E-state index is 12.9. The Labute approximate surface area is 132 Å². The molecule has 10 saturated heterocycles. The predicted octanol–water partition coefficient (Wildman–Crippen LogP) is 5.55. The number of rotatable bonds is 1. The third-order valence-corrected chi connectivity index (χ3v) is 59.8. The van der Waals surface area contributed by atoms with Gasteiger partial charge < -0.3 is 0 Å². The molecule has 4 unspecified atom stereocenters. The molecule has 0 radical (unpaired) electrons. The molecule has 4 heteroatoms. The molecule has 2 nitrogen and oxygen atoms in total. The molecule has 122 valence electrons. The van der Waals surface area contributed by atoms with Gasteiger partial charge in [0.2, 0.25) is 0 Å². The van der Waals surface area contributed by atoms with Crippen LogP contribution in [0.2, 0.25) is 48.4 Å². The van der Waals surface area contributed by atoms with Crippen molar-refractivity contribution in [3.05, 3.63) is 44.8 Å². The number of aryl methyl sites for hydroxylation is 1. The first kappa shape index (κ1) is 9.80. The van der Waals surface area contributed by atoms with Crippen LogP contribution >= 0.6 is 11.6 Å². The van der Waals surface area contributed by atoms with Gasteiger partial charge in [0.15, 0.2) is 0 Å². The molecule has 24 heavy (non-hydrogen) atoms. The normalized spacial score (nSPS) is 88.0. The van der Waals surface area contributed by atoms with Crippen LogP contribution in [0, 0.1) is 6.92 Å². The van der Waals surface area contributed by atoms with E-state index in [-0.39, 0.29) is 5.43 Å². The summed E-state index contributed by atoms with van der Waals surface area (Å²) in [6, 6.07) is 5.73. The topological polar surface area (TPSA) is 30.2 Å². The SMILES string of the molecule is Cc1cc2oc([C]34[CH]5[CH]6[CH]7[CH]3[Fe]6754389%10[CH]4[CH]3[CH]8[CH]9[CH]4%10)cc(=O)c2cc1Cl. The van der Waals surface area contributed by atoms with Crippen molar-refractivity contribution in [2.75, 3.05) is 0 Å². The van der Waals surface area contributed by atoms with Crippen LogP contribution in [0.4, 0.5) is 0 Å². The van der Waals surface area contributed by atoms with Crippen molar-refractivity contribution >= 4 is 22.6 Å². The molecule has 0 saturated carbocycles. The van der Waals surface area contributed by atoms with Gasteiger partial charge in [-0.2, -0.15) is 0 Å². The average Bonchev–Trinajstić information content (AvgIpc) is 3.49. The monoisotopic (exact) mass is 378 g/mol. The van der Waals surface area contributed by atoms with Gasteiger partial charge in [0.25, 0.3) is 0 Å². The molecular formula is C20H15ClFeO2. The number of halogens is 1. The van der Waals surface area contributed by atoms with E-state index in [9.17, 15) is 4.79 Å². The fourth-order valence-electron chi connectivity index (χ4n) is 18.3. The van der Waals surface area contributed by atoms with E-state index in [0.717, 1.165) is 20.8 Å². The molecule has 1 aromatic heterocycles. The Balaban J connectivity index is 1.33. The fraction of sp³-hybridized carbons (Fsp3) is 0.550. The van der Waals surface area contributed by atoms with Crippen molar-refractivity contribution in [1.82, 2.24) is 0 Å². The van der Waals surface area contributed by atoms with Gasteiger partial charge in [-0.15, -0.1) is 0 Å². The standard InChI is InChI=1S/C15H10ClO2.C5H5.Fe/c1-9-6-15-11(7-12(9)16)13(17)8-14(18-15)10-4-2-3-5-10;1-2-4-5-3-1;/h2-8H,1H3;1-5H;. The predicted molar refractivity (Wildman–Crippen MR) is 87.7 cm³/mol. The second-order valence-electron chi connectivity index (χ2n) is 12.8. The van der Waals surface area contributed by atoms with E-state index in [0.29, 0.717) is 14.7 Å². The number of benzene rings is 1. The van der Waals surface area contributed by atoms with Gasteiger partial charge in [-0.3, -0.25) is 0 Å². The Morgan fingerprint density at radius 1 is 1.00 bits per heavy atom. The van der Waals surface area contributed by atoms with E-state index >= 15 is 0 Å². The Bertz CT molecular complexity index is 1560. The molecule has 1 spiro atoms. The van der Waals surface area contributed by atoms with Crippen molar-refractivity contribution in [3.8, 4) is 0 Å². The zero-order valence-corrected chi connectivity index (χ0v) is 14.8. The molecule has 10 fully saturated rings. The first-order chi connectivity index (χ1) is 11.3. The maximum absolute atomic E-state index is 12.9. The number of hydrogen-bond acceptors (Lipinski definition) is 2. The van der Waals surface area contributed by atoms with Gasteiger partial charge in [-0.05, 0) is 0 Å². The summed E-state index contributed by atoms with van der Waals surface area (Å²) in [6.07, 6.45) is 0. The van der Waals surface area contributed by atoms with Crippen molar-refractivity contribution in [2.45, 2.75) is 54.6 Å². The molecule has 4 atom stereocenters. The zero-order chi connectivity index (χ0) is 15.3. The Morgan fingerprint density at radius 3 is 2.12 bits per heavy atom. The second-order valence-corrected chi connectivity index (χ2v) is 36.7.